The van der Waals surface area contributed by atoms with Gasteiger partial charge in [0, 0.05) is 22.8 Å². The summed E-state index contributed by atoms with van der Waals surface area (Å²) in [5.74, 6) is -0.400. The second-order valence-electron chi connectivity index (χ2n) is 9.11. The first-order valence-corrected chi connectivity index (χ1v) is 12.1. The molecule has 0 bridgehead atoms. The summed E-state index contributed by atoms with van der Waals surface area (Å²) in [7, 11) is 0. The number of carbonyl (C=O) groups is 1. The van der Waals surface area contributed by atoms with E-state index in [1.165, 1.54) is 12.3 Å². The number of halogens is 4. The summed E-state index contributed by atoms with van der Waals surface area (Å²) in [6.45, 7) is 4.51. The monoisotopic (exact) mass is 538 g/mol. The number of alkyl halides is 3. The van der Waals surface area contributed by atoms with Crippen molar-refractivity contribution in [2.75, 3.05) is 5.32 Å². The van der Waals surface area contributed by atoms with Crippen LogP contribution in [-0.4, -0.2) is 30.3 Å². The first-order valence-electron chi connectivity index (χ1n) is 11.7. The zero-order chi connectivity index (χ0) is 27.0. The van der Waals surface area contributed by atoms with E-state index in [1.807, 2.05) is 38.1 Å². The number of aromatic nitrogens is 5. The van der Waals surface area contributed by atoms with E-state index in [0.29, 0.717) is 27.3 Å². The van der Waals surface area contributed by atoms with Gasteiger partial charge in [-0.25, -0.2) is 9.50 Å². The molecule has 0 spiro atoms. The van der Waals surface area contributed by atoms with E-state index >= 15 is 0 Å². The Kier molecular flexibility index (Phi) is 6.66. The third-order valence-electron chi connectivity index (χ3n) is 5.97. The van der Waals surface area contributed by atoms with Crippen molar-refractivity contribution in [2.24, 2.45) is 0 Å². The number of nitrogens with one attached hydrogen (secondary N) is 1. The van der Waals surface area contributed by atoms with Crippen LogP contribution in [0.5, 0.6) is 0 Å². The Hall–Kier alpha value is -4.18. The summed E-state index contributed by atoms with van der Waals surface area (Å²) < 4.78 is 44.1. The molecule has 2 aromatic carbocycles. The molecule has 0 aliphatic rings. The molecule has 1 N–H and O–H groups in total. The molecular weight excluding hydrogens is 517 g/mol. The summed E-state index contributed by atoms with van der Waals surface area (Å²) in [6, 6.07) is 16.6. The Bertz CT molecular complexity index is 1610. The first-order chi connectivity index (χ1) is 18.1. The number of nitrogens with zero attached hydrogens (tertiary/aromatic N) is 5. The largest absolute Gasteiger partial charge is 0.433 e. The van der Waals surface area contributed by atoms with Gasteiger partial charge in [0.1, 0.15) is 0 Å². The summed E-state index contributed by atoms with van der Waals surface area (Å²) >= 11 is 5.91. The maximum atomic E-state index is 13.9. The third-order valence-corrected chi connectivity index (χ3v) is 6.22. The minimum absolute atomic E-state index is 0.0913. The molecule has 3 heterocycles. The van der Waals surface area contributed by atoms with Crippen LogP contribution >= 0.6 is 11.6 Å². The fourth-order valence-corrected chi connectivity index (χ4v) is 4.09. The summed E-state index contributed by atoms with van der Waals surface area (Å²) in [5.41, 5.74) is 1.73. The summed E-state index contributed by atoms with van der Waals surface area (Å²) in [4.78, 5) is 17.2. The lowest BCUT2D eigenvalue weighted by Gasteiger charge is -2.11. The third kappa shape index (κ3) is 5.40. The maximum absolute atomic E-state index is 13.9. The number of benzene rings is 2. The highest BCUT2D eigenvalue weighted by molar-refractivity contribution is 6.30. The zero-order valence-corrected chi connectivity index (χ0v) is 21.1. The lowest BCUT2D eigenvalue weighted by molar-refractivity contribution is -0.142. The van der Waals surface area contributed by atoms with Gasteiger partial charge in [-0.3, -0.25) is 9.48 Å². The predicted molar refractivity (Wildman–Crippen MR) is 138 cm³/mol. The van der Waals surface area contributed by atoms with Crippen LogP contribution in [0, 0.1) is 0 Å². The van der Waals surface area contributed by atoms with Crippen molar-refractivity contribution < 1.29 is 18.0 Å². The van der Waals surface area contributed by atoms with Crippen LogP contribution in [0.2, 0.25) is 5.02 Å². The Balaban J connectivity index is 1.41. The number of rotatable bonds is 6. The van der Waals surface area contributed by atoms with Crippen LogP contribution in [0.3, 0.4) is 0 Å². The molecule has 0 saturated carbocycles. The molecule has 38 heavy (non-hydrogen) atoms. The number of fused-ring (bicyclic) bond motifs is 1. The molecule has 11 heteroatoms. The van der Waals surface area contributed by atoms with Crippen molar-refractivity contribution in [3.8, 4) is 11.3 Å². The van der Waals surface area contributed by atoms with E-state index in [2.05, 4.69) is 20.5 Å². The van der Waals surface area contributed by atoms with Crippen LogP contribution in [-0.2, 0) is 12.7 Å². The Labute approximate surface area is 220 Å². The van der Waals surface area contributed by atoms with Gasteiger partial charge >= 0.3 is 6.18 Å². The van der Waals surface area contributed by atoms with Crippen LogP contribution in [0.1, 0.15) is 47.1 Å². The van der Waals surface area contributed by atoms with Crippen LogP contribution in [0.25, 0.3) is 16.9 Å². The van der Waals surface area contributed by atoms with Crippen LogP contribution < -0.4 is 5.32 Å². The second-order valence-corrected chi connectivity index (χ2v) is 9.54. The molecule has 0 atom stereocenters. The van der Waals surface area contributed by atoms with Crippen LogP contribution in [0.4, 0.5) is 18.9 Å². The standard InChI is InChI=1S/C27H22ClF3N6O/c1-16(2)18-5-7-19(8-6-18)22-11-24(27(29,30)31)37-25(34-22)12-23(35-37)26(38)33-21-13-32-36(15-21)14-17-3-9-20(28)10-4-17/h3-13,15-16H,14H2,1-2H3,(H,33,38). The van der Waals surface area contributed by atoms with Crippen molar-refractivity contribution in [1.82, 2.24) is 24.4 Å². The van der Waals surface area contributed by atoms with Crippen molar-refractivity contribution in [3.05, 3.63) is 101 Å². The van der Waals surface area contributed by atoms with Crippen molar-refractivity contribution in [3.63, 3.8) is 0 Å². The Morgan fingerprint density at radius 3 is 2.42 bits per heavy atom. The molecular formula is C27H22ClF3N6O. The van der Waals surface area contributed by atoms with Gasteiger partial charge in [0.2, 0.25) is 0 Å². The van der Waals surface area contributed by atoms with Crippen LogP contribution in [0.15, 0.2) is 73.1 Å². The van der Waals surface area contributed by atoms with E-state index in [1.54, 1.807) is 35.1 Å². The quantitative estimate of drug-likeness (QED) is 0.261. The molecule has 5 aromatic rings. The molecule has 0 aliphatic heterocycles. The van der Waals surface area contributed by atoms with Crippen molar-refractivity contribution in [2.45, 2.75) is 32.5 Å². The lowest BCUT2D eigenvalue weighted by atomic mass is 10.0. The molecule has 0 saturated heterocycles. The molecule has 5 rings (SSSR count). The fraction of sp³-hybridized carbons (Fsp3) is 0.185. The van der Waals surface area contributed by atoms with Gasteiger partial charge in [-0.1, -0.05) is 61.8 Å². The highest BCUT2D eigenvalue weighted by atomic mass is 35.5. The predicted octanol–water partition coefficient (Wildman–Crippen LogP) is 6.69. The molecule has 0 unspecified atom stereocenters. The molecule has 1 amide bonds. The fourth-order valence-electron chi connectivity index (χ4n) is 3.96. The Morgan fingerprint density at radius 2 is 1.76 bits per heavy atom. The highest BCUT2D eigenvalue weighted by Gasteiger charge is 2.35. The molecule has 0 radical (unpaired) electrons. The van der Waals surface area contributed by atoms with Crippen molar-refractivity contribution in [1.29, 1.82) is 0 Å². The molecule has 7 nitrogen and oxygen atoms in total. The number of hydrogen-bond donors (Lipinski definition) is 1. The maximum Gasteiger partial charge on any atom is 0.433 e. The minimum atomic E-state index is -4.71. The number of carbonyl (C=O) groups excluding carboxylic acids is 1. The van der Waals surface area contributed by atoms with E-state index in [0.717, 1.165) is 17.2 Å². The van der Waals surface area contributed by atoms with Gasteiger partial charge in [0.15, 0.2) is 17.0 Å². The summed E-state index contributed by atoms with van der Waals surface area (Å²) in [5, 5.41) is 11.4. The van der Waals surface area contributed by atoms with E-state index < -0.39 is 17.8 Å². The summed E-state index contributed by atoms with van der Waals surface area (Å²) in [6.07, 6.45) is -1.65. The van der Waals surface area contributed by atoms with Gasteiger partial charge in [0.05, 0.1) is 24.1 Å². The smallest absolute Gasteiger partial charge is 0.318 e. The Morgan fingerprint density at radius 1 is 1.05 bits per heavy atom. The van der Waals surface area contributed by atoms with Gasteiger partial charge in [0.25, 0.3) is 5.91 Å². The minimum Gasteiger partial charge on any atom is -0.318 e. The van der Waals surface area contributed by atoms with E-state index in [4.69, 9.17) is 11.6 Å². The van der Waals surface area contributed by atoms with E-state index in [-0.39, 0.29) is 23.0 Å². The van der Waals surface area contributed by atoms with Crippen molar-refractivity contribution >= 4 is 28.8 Å². The zero-order valence-electron chi connectivity index (χ0n) is 20.4. The molecule has 0 aliphatic carbocycles. The number of hydrogen-bond acceptors (Lipinski definition) is 4. The van der Waals surface area contributed by atoms with Gasteiger partial charge in [-0.2, -0.15) is 23.4 Å². The average Bonchev–Trinajstić information content (AvgIpc) is 3.51. The topological polar surface area (TPSA) is 77.1 Å². The number of anilines is 1. The molecule has 0 fully saturated rings. The second kappa shape index (κ2) is 9.94. The average molecular weight is 539 g/mol. The normalized spacial score (nSPS) is 11.9. The lowest BCUT2D eigenvalue weighted by Crippen LogP contribution is -2.15. The van der Waals surface area contributed by atoms with Gasteiger partial charge in [-0.05, 0) is 35.2 Å². The van der Waals surface area contributed by atoms with Gasteiger partial charge < -0.3 is 5.32 Å². The molecule has 3 aromatic heterocycles. The number of amides is 1. The first kappa shape index (κ1) is 25.5. The SMILES string of the molecule is CC(C)c1ccc(-c2cc(C(F)(F)F)n3nc(C(=O)Nc4cnn(Cc5ccc(Cl)cc5)c4)cc3n2)cc1. The molecule has 194 valence electrons. The highest BCUT2D eigenvalue weighted by Crippen LogP contribution is 2.33. The van der Waals surface area contributed by atoms with Gasteiger partial charge in [-0.15, -0.1) is 0 Å². The van der Waals surface area contributed by atoms with E-state index in [9.17, 15) is 18.0 Å².